The minimum Gasteiger partial charge on any atom is -0.480 e. The summed E-state index contributed by atoms with van der Waals surface area (Å²) in [4.78, 5) is 27.3. The van der Waals surface area contributed by atoms with Gasteiger partial charge < -0.3 is 14.9 Å². The highest BCUT2D eigenvalue weighted by atomic mass is 31.2. The van der Waals surface area contributed by atoms with E-state index in [-0.39, 0.29) is 0 Å². The van der Waals surface area contributed by atoms with Gasteiger partial charge in [0.2, 0.25) is 0 Å². The standard InChI is InChI=1S/C5H12NO5P/c1-5(2,4(7)8)6-3-12(9,10)11/h6H,3H2,1-2H3,(H,7,8)(H2,9,10,11). The number of nitrogens with one attached hydrogen (secondary N) is 1. The summed E-state index contributed by atoms with van der Waals surface area (Å²) in [7, 11) is -4.18. The van der Waals surface area contributed by atoms with Crippen molar-refractivity contribution in [2.75, 3.05) is 6.29 Å². The molecule has 0 aromatic carbocycles. The summed E-state index contributed by atoms with van der Waals surface area (Å²) < 4.78 is 10.3. The second kappa shape index (κ2) is 3.53. The summed E-state index contributed by atoms with van der Waals surface area (Å²) in [6, 6.07) is 0. The van der Waals surface area contributed by atoms with Crippen molar-refractivity contribution in [3.63, 3.8) is 0 Å². The van der Waals surface area contributed by atoms with Crippen LogP contribution in [0.3, 0.4) is 0 Å². The Bertz CT molecular complexity index is 220. The number of rotatable bonds is 4. The molecule has 0 amide bonds. The SMILES string of the molecule is CC(C)(NCP(=O)(O)O)C(=O)O. The van der Waals surface area contributed by atoms with Gasteiger partial charge in [-0.2, -0.15) is 0 Å². The van der Waals surface area contributed by atoms with Crippen molar-refractivity contribution in [1.82, 2.24) is 5.32 Å². The number of hydrogen-bond donors (Lipinski definition) is 4. The Hall–Kier alpha value is -0.420. The van der Waals surface area contributed by atoms with Crippen molar-refractivity contribution >= 4 is 13.6 Å². The first-order chi connectivity index (χ1) is 5.15. The minimum atomic E-state index is -4.18. The molecule has 0 aliphatic heterocycles. The number of carbonyl (C=O) groups is 1. The molecule has 0 saturated heterocycles. The van der Waals surface area contributed by atoms with Crippen LogP contribution in [0.15, 0.2) is 0 Å². The Morgan fingerprint density at radius 1 is 1.50 bits per heavy atom. The maximum atomic E-state index is 10.4. The van der Waals surface area contributed by atoms with Crippen molar-refractivity contribution in [3.05, 3.63) is 0 Å². The summed E-state index contributed by atoms with van der Waals surface area (Å²) in [5.41, 5.74) is -1.32. The second-order valence-corrected chi connectivity index (χ2v) is 4.58. The van der Waals surface area contributed by atoms with Crippen LogP contribution in [0.4, 0.5) is 0 Å². The van der Waals surface area contributed by atoms with Gasteiger partial charge in [0, 0.05) is 0 Å². The van der Waals surface area contributed by atoms with E-state index in [1.54, 1.807) is 0 Å². The zero-order valence-corrected chi connectivity index (χ0v) is 7.71. The highest BCUT2D eigenvalue weighted by Gasteiger charge is 2.28. The Balaban J connectivity index is 4.10. The number of carboxylic acid groups (broad SMARTS) is 1. The average Bonchev–Trinajstić information content (AvgIpc) is 1.82. The Morgan fingerprint density at radius 2 is 1.92 bits per heavy atom. The summed E-state index contributed by atoms with van der Waals surface area (Å²) in [6.45, 7) is 2.65. The minimum absolute atomic E-state index is 0.633. The average molecular weight is 197 g/mol. The lowest BCUT2D eigenvalue weighted by atomic mass is 10.1. The van der Waals surface area contributed by atoms with Crippen molar-refractivity contribution in [2.45, 2.75) is 19.4 Å². The van der Waals surface area contributed by atoms with Crippen LogP contribution in [0.25, 0.3) is 0 Å². The van der Waals surface area contributed by atoms with Crippen molar-refractivity contribution in [3.8, 4) is 0 Å². The molecular weight excluding hydrogens is 185 g/mol. The lowest BCUT2D eigenvalue weighted by Crippen LogP contribution is -2.46. The van der Waals surface area contributed by atoms with E-state index in [0.29, 0.717) is 0 Å². The van der Waals surface area contributed by atoms with Gasteiger partial charge in [-0.3, -0.25) is 14.7 Å². The van der Waals surface area contributed by atoms with E-state index >= 15 is 0 Å². The Labute approximate surface area is 69.8 Å². The van der Waals surface area contributed by atoms with Crippen LogP contribution in [0, 0.1) is 0 Å². The Kier molecular flexibility index (Phi) is 3.41. The van der Waals surface area contributed by atoms with Crippen LogP contribution in [0.2, 0.25) is 0 Å². The maximum Gasteiger partial charge on any atom is 0.339 e. The predicted octanol–water partition coefficient (Wildman–Crippen LogP) is -0.426. The normalized spacial score (nSPS) is 13.0. The highest BCUT2D eigenvalue weighted by Crippen LogP contribution is 2.32. The van der Waals surface area contributed by atoms with Crippen LogP contribution in [-0.4, -0.2) is 32.7 Å². The third-order valence-electron chi connectivity index (χ3n) is 1.26. The van der Waals surface area contributed by atoms with E-state index < -0.39 is 25.4 Å². The maximum absolute atomic E-state index is 10.4. The molecule has 0 aliphatic carbocycles. The van der Waals surface area contributed by atoms with Gasteiger partial charge in [-0.15, -0.1) is 0 Å². The molecule has 0 heterocycles. The fraction of sp³-hybridized carbons (Fsp3) is 0.800. The summed E-state index contributed by atoms with van der Waals surface area (Å²) in [5.74, 6) is -1.16. The molecule has 0 saturated carbocycles. The van der Waals surface area contributed by atoms with Gasteiger partial charge in [-0.25, -0.2) is 0 Å². The molecule has 0 rings (SSSR count). The molecule has 0 unspecified atom stereocenters. The van der Waals surface area contributed by atoms with Crippen LogP contribution >= 0.6 is 7.60 Å². The molecule has 6 nitrogen and oxygen atoms in total. The third-order valence-corrected chi connectivity index (χ3v) is 1.83. The number of aliphatic carboxylic acids is 1. The number of carboxylic acids is 1. The van der Waals surface area contributed by atoms with E-state index in [1.807, 2.05) is 0 Å². The van der Waals surface area contributed by atoms with Gasteiger partial charge in [0.1, 0.15) is 5.54 Å². The molecule has 12 heavy (non-hydrogen) atoms. The third kappa shape index (κ3) is 4.46. The summed E-state index contributed by atoms with van der Waals surface area (Å²) in [5, 5.41) is 10.8. The topological polar surface area (TPSA) is 107 Å². The van der Waals surface area contributed by atoms with Gasteiger partial charge in [-0.1, -0.05) is 0 Å². The molecule has 72 valence electrons. The fourth-order valence-electron chi connectivity index (χ4n) is 0.376. The van der Waals surface area contributed by atoms with E-state index in [4.69, 9.17) is 14.9 Å². The molecule has 0 bridgehead atoms. The zero-order chi connectivity index (χ0) is 9.99. The largest absolute Gasteiger partial charge is 0.480 e. The monoisotopic (exact) mass is 197 g/mol. The fourth-order valence-corrected chi connectivity index (χ4v) is 0.977. The molecule has 4 N–H and O–H groups in total. The van der Waals surface area contributed by atoms with Gasteiger partial charge in [0.05, 0.1) is 6.29 Å². The lowest BCUT2D eigenvalue weighted by molar-refractivity contribution is -0.143. The lowest BCUT2D eigenvalue weighted by Gasteiger charge is -2.20. The van der Waals surface area contributed by atoms with Gasteiger partial charge in [0.25, 0.3) is 0 Å². The molecule has 0 fully saturated rings. The van der Waals surface area contributed by atoms with Crippen molar-refractivity contribution < 1.29 is 24.3 Å². The summed E-state index contributed by atoms with van der Waals surface area (Å²) in [6.07, 6.45) is -0.633. The van der Waals surface area contributed by atoms with Crippen LogP contribution in [0.5, 0.6) is 0 Å². The molecule has 0 spiro atoms. The molecule has 0 atom stereocenters. The Morgan fingerprint density at radius 3 is 2.17 bits per heavy atom. The highest BCUT2D eigenvalue weighted by molar-refractivity contribution is 7.51. The van der Waals surface area contributed by atoms with E-state index in [0.717, 1.165) is 0 Å². The van der Waals surface area contributed by atoms with E-state index in [9.17, 15) is 9.36 Å². The van der Waals surface area contributed by atoms with Gasteiger partial charge in [-0.05, 0) is 13.8 Å². The van der Waals surface area contributed by atoms with Gasteiger partial charge in [0.15, 0.2) is 0 Å². The first-order valence-electron chi connectivity index (χ1n) is 3.18. The van der Waals surface area contributed by atoms with E-state index in [1.165, 1.54) is 13.8 Å². The van der Waals surface area contributed by atoms with Gasteiger partial charge >= 0.3 is 13.6 Å². The smallest absolute Gasteiger partial charge is 0.339 e. The predicted molar refractivity (Wildman–Crippen MR) is 41.8 cm³/mol. The first kappa shape index (κ1) is 11.6. The quantitative estimate of drug-likeness (QED) is 0.456. The molecule has 0 radical (unpaired) electrons. The van der Waals surface area contributed by atoms with Crippen LogP contribution in [0.1, 0.15) is 13.8 Å². The molecule has 0 aliphatic rings. The molecule has 0 aromatic rings. The second-order valence-electron chi connectivity index (χ2n) is 2.93. The zero-order valence-electron chi connectivity index (χ0n) is 6.81. The first-order valence-corrected chi connectivity index (χ1v) is 4.98. The van der Waals surface area contributed by atoms with Crippen molar-refractivity contribution in [2.24, 2.45) is 0 Å². The molecule has 0 aromatic heterocycles. The summed E-state index contributed by atoms with van der Waals surface area (Å²) >= 11 is 0. The van der Waals surface area contributed by atoms with E-state index in [2.05, 4.69) is 5.32 Å². The van der Waals surface area contributed by atoms with Crippen LogP contribution < -0.4 is 5.32 Å². The number of hydrogen-bond acceptors (Lipinski definition) is 3. The van der Waals surface area contributed by atoms with Crippen LogP contribution in [-0.2, 0) is 9.36 Å². The van der Waals surface area contributed by atoms with Crippen molar-refractivity contribution in [1.29, 1.82) is 0 Å². The molecule has 7 heteroatoms. The molecular formula is C5H12NO5P.